The Balaban J connectivity index is 1.49. The van der Waals surface area contributed by atoms with E-state index >= 15 is 0 Å². The van der Waals surface area contributed by atoms with E-state index in [-0.39, 0.29) is 17.9 Å². The lowest BCUT2D eigenvalue weighted by Gasteiger charge is -2.25. The number of benzene rings is 2. The van der Waals surface area contributed by atoms with Gasteiger partial charge in [-0.3, -0.25) is 9.48 Å². The summed E-state index contributed by atoms with van der Waals surface area (Å²) in [7, 11) is 0. The maximum absolute atomic E-state index is 12.8. The van der Waals surface area contributed by atoms with Gasteiger partial charge in [-0.25, -0.2) is 0 Å². The first-order valence-corrected chi connectivity index (χ1v) is 10.1. The van der Waals surface area contributed by atoms with E-state index in [1.807, 2.05) is 67.7 Å². The van der Waals surface area contributed by atoms with Gasteiger partial charge in [0, 0.05) is 16.3 Å². The fraction of sp³-hybridized carbons (Fsp3) is 0.304. The van der Waals surface area contributed by atoms with E-state index in [1.54, 1.807) is 0 Å². The standard InChI is InChI=1S/C23H24ClN3O/c1-16(18-6-3-2-4-7-18)23(28)26-21-8-5-9-22-20(21)14-25-27(22)15-17-10-12-19(24)13-11-17/h2-4,6-7,10-14,16,21H,5,8-9,15H2,1H3,(H,26,28)/t16-,21-/m1/s1. The molecule has 1 N–H and O–H groups in total. The first-order chi connectivity index (χ1) is 13.6. The molecule has 2 atom stereocenters. The molecule has 0 bridgehead atoms. The maximum atomic E-state index is 12.8. The Morgan fingerprint density at radius 2 is 1.96 bits per heavy atom. The normalized spacial score (nSPS) is 17.0. The molecular weight excluding hydrogens is 370 g/mol. The smallest absolute Gasteiger partial charge is 0.227 e. The second-order valence-electron chi connectivity index (χ2n) is 7.42. The Labute approximate surface area is 170 Å². The van der Waals surface area contributed by atoms with Crippen molar-refractivity contribution < 1.29 is 4.79 Å². The maximum Gasteiger partial charge on any atom is 0.227 e. The zero-order valence-corrected chi connectivity index (χ0v) is 16.7. The highest BCUT2D eigenvalue weighted by Crippen LogP contribution is 2.31. The van der Waals surface area contributed by atoms with Gasteiger partial charge in [0.25, 0.3) is 0 Å². The number of hydrogen-bond acceptors (Lipinski definition) is 2. The monoisotopic (exact) mass is 393 g/mol. The van der Waals surface area contributed by atoms with Crippen molar-refractivity contribution in [3.8, 4) is 0 Å². The summed E-state index contributed by atoms with van der Waals surface area (Å²) in [5, 5.41) is 8.59. The molecule has 0 radical (unpaired) electrons. The van der Waals surface area contributed by atoms with Crippen LogP contribution in [-0.2, 0) is 17.8 Å². The predicted molar refractivity (Wildman–Crippen MR) is 111 cm³/mol. The molecule has 5 heteroatoms. The number of fused-ring (bicyclic) bond motifs is 1. The van der Waals surface area contributed by atoms with Crippen LogP contribution in [0.5, 0.6) is 0 Å². The summed E-state index contributed by atoms with van der Waals surface area (Å²) in [5.41, 5.74) is 4.57. The number of carbonyl (C=O) groups excluding carboxylic acids is 1. The number of nitrogens with zero attached hydrogens (tertiary/aromatic N) is 2. The predicted octanol–water partition coefficient (Wildman–Crippen LogP) is 4.88. The largest absolute Gasteiger partial charge is 0.349 e. The Hall–Kier alpha value is -2.59. The van der Waals surface area contributed by atoms with Gasteiger partial charge in [0.2, 0.25) is 5.91 Å². The number of nitrogens with one attached hydrogen (secondary N) is 1. The first-order valence-electron chi connectivity index (χ1n) is 9.76. The molecule has 2 aromatic carbocycles. The summed E-state index contributed by atoms with van der Waals surface area (Å²) in [6, 6.07) is 17.8. The molecule has 1 heterocycles. The summed E-state index contributed by atoms with van der Waals surface area (Å²) in [6.07, 6.45) is 4.91. The van der Waals surface area contributed by atoms with Gasteiger partial charge in [0.1, 0.15) is 0 Å². The highest BCUT2D eigenvalue weighted by atomic mass is 35.5. The molecule has 4 nitrogen and oxygen atoms in total. The van der Waals surface area contributed by atoms with Crippen molar-refractivity contribution in [1.29, 1.82) is 0 Å². The van der Waals surface area contributed by atoms with Crippen molar-refractivity contribution in [2.75, 3.05) is 0 Å². The second-order valence-corrected chi connectivity index (χ2v) is 7.85. The zero-order valence-electron chi connectivity index (χ0n) is 15.9. The Morgan fingerprint density at radius 3 is 2.71 bits per heavy atom. The van der Waals surface area contributed by atoms with Gasteiger partial charge in [-0.2, -0.15) is 5.10 Å². The summed E-state index contributed by atoms with van der Waals surface area (Å²) >= 11 is 5.98. The van der Waals surface area contributed by atoms with Crippen molar-refractivity contribution in [2.24, 2.45) is 0 Å². The Kier molecular flexibility index (Phi) is 5.49. The van der Waals surface area contributed by atoms with E-state index in [4.69, 9.17) is 11.6 Å². The van der Waals surface area contributed by atoms with E-state index in [1.165, 1.54) is 11.3 Å². The molecule has 28 heavy (non-hydrogen) atoms. The van der Waals surface area contributed by atoms with Gasteiger partial charge >= 0.3 is 0 Å². The van der Waals surface area contributed by atoms with Crippen LogP contribution in [0.3, 0.4) is 0 Å². The summed E-state index contributed by atoms with van der Waals surface area (Å²) in [5.74, 6) is -0.106. The lowest BCUT2D eigenvalue weighted by Crippen LogP contribution is -2.33. The van der Waals surface area contributed by atoms with Crippen LogP contribution in [0.1, 0.15) is 54.1 Å². The molecule has 1 amide bonds. The average molecular weight is 394 g/mol. The fourth-order valence-corrected chi connectivity index (χ4v) is 3.98. The lowest BCUT2D eigenvalue weighted by molar-refractivity contribution is -0.123. The van der Waals surface area contributed by atoms with Crippen LogP contribution in [0.25, 0.3) is 0 Å². The third-order valence-electron chi connectivity index (χ3n) is 5.52. The molecule has 144 valence electrons. The molecule has 1 aliphatic rings. The van der Waals surface area contributed by atoms with Crippen LogP contribution in [0.15, 0.2) is 60.8 Å². The minimum Gasteiger partial charge on any atom is -0.349 e. The van der Waals surface area contributed by atoms with E-state index in [9.17, 15) is 4.79 Å². The van der Waals surface area contributed by atoms with E-state index in [0.29, 0.717) is 6.54 Å². The van der Waals surface area contributed by atoms with Crippen LogP contribution < -0.4 is 5.32 Å². The fourth-order valence-electron chi connectivity index (χ4n) is 3.86. The third kappa shape index (κ3) is 3.97. The summed E-state index contributed by atoms with van der Waals surface area (Å²) < 4.78 is 2.05. The molecule has 1 aromatic heterocycles. The van der Waals surface area contributed by atoms with E-state index in [0.717, 1.165) is 35.4 Å². The second kappa shape index (κ2) is 8.19. The molecule has 3 aromatic rings. The molecule has 0 aliphatic heterocycles. The van der Waals surface area contributed by atoms with Gasteiger partial charge in [-0.15, -0.1) is 0 Å². The quantitative estimate of drug-likeness (QED) is 0.671. The first kappa shape index (κ1) is 18.8. The molecule has 0 fully saturated rings. The van der Waals surface area contributed by atoms with Gasteiger partial charge in [-0.1, -0.05) is 54.1 Å². The molecule has 0 saturated carbocycles. The van der Waals surface area contributed by atoms with E-state index in [2.05, 4.69) is 15.1 Å². The Morgan fingerprint density at radius 1 is 1.21 bits per heavy atom. The minimum absolute atomic E-state index is 0.0291. The highest BCUT2D eigenvalue weighted by Gasteiger charge is 2.27. The van der Waals surface area contributed by atoms with Crippen molar-refractivity contribution in [2.45, 2.75) is 44.7 Å². The van der Waals surface area contributed by atoms with Gasteiger partial charge < -0.3 is 5.32 Å². The lowest BCUT2D eigenvalue weighted by atomic mass is 9.91. The number of aromatic nitrogens is 2. The summed E-state index contributed by atoms with van der Waals surface area (Å²) in [4.78, 5) is 12.8. The van der Waals surface area contributed by atoms with Crippen molar-refractivity contribution in [3.05, 3.63) is 88.2 Å². The van der Waals surface area contributed by atoms with Gasteiger partial charge in [0.15, 0.2) is 0 Å². The molecular formula is C23H24ClN3O. The number of halogens is 1. The zero-order chi connectivity index (χ0) is 19.5. The third-order valence-corrected chi connectivity index (χ3v) is 5.77. The molecule has 0 saturated heterocycles. The summed E-state index contributed by atoms with van der Waals surface area (Å²) in [6.45, 7) is 2.67. The average Bonchev–Trinajstić information content (AvgIpc) is 3.13. The topological polar surface area (TPSA) is 46.9 Å². The van der Waals surface area contributed by atoms with Crippen LogP contribution in [0.4, 0.5) is 0 Å². The van der Waals surface area contributed by atoms with Crippen LogP contribution in [-0.4, -0.2) is 15.7 Å². The molecule has 0 spiro atoms. The van der Waals surface area contributed by atoms with Crippen molar-refractivity contribution in [3.63, 3.8) is 0 Å². The number of carbonyl (C=O) groups is 1. The van der Waals surface area contributed by atoms with Crippen LogP contribution in [0, 0.1) is 0 Å². The SMILES string of the molecule is C[C@@H](C(=O)N[C@@H]1CCCc2c1cnn2Cc1ccc(Cl)cc1)c1ccccc1. The van der Waals surface area contributed by atoms with Crippen LogP contribution >= 0.6 is 11.6 Å². The molecule has 0 unspecified atom stereocenters. The van der Waals surface area contributed by atoms with Gasteiger partial charge in [0.05, 0.1) is 24.7 Å². The number of amides is 1. The Bertz CT molecular complexity index is 950. The van der Waals surface area contributed by atoms with Crippen LogP contribution in [0.2, 0.25) is 5.02 Å². The van der Waals surface area contributed by atoms with Crippen molar-refractivity contribution >= 4 is 17.5 Å². The number of hydrogen-bond donors (Lipinski definition) is 1. The molecule has 1 aliphatic carbocycles. The number of rotatable bonds is 5. The van der Waals surface area contributed by atoms with Crippen molar-refractivity contribution in [1.82, 2.24) is 15.1 Å². The molecule has 4 rings (SSSR count). The highest BCUT2D eigenvalue weighted by molar-refractivity contribution is 6.30. The van der Waals surface area contributed by atoms with Gasteiger partial charge in [-0.05, 0) is 49.4 Å². The van der Waals surface area contributed by atoms with E-state index < -0.39 is 0 Å². The minimum atomic E-state index is -0.171.